The molecule has 150 valence electrons. The van der Waals surface area contributed by atoms with E-state index in [0.717, 1.165) is 19.3 Å². The number of esters is 2. The van der Waals surface area contributed by atoms with E-state index >= 15 is 0 Å². The van der Waals surface area contributed by atoms with Crippen LogP contribution in [0.5, 0.6) is 5.75 Å². The maximum Gasteiger partial charge on any atom is 0.343 e. The molecule has 0 aliphatic rings. The highest BCUT2D eigenvalue weighted by Crippen LogP contribution is 2.25. The molecule has 28 heavy (non-hydrogen) atoms. The standard InChI is InChI=1S/C22H24Cl2O4/c1-2-3-4-5-6-7-11-27-21(25)16-9-8-10-17(12-16)22(26)28-20-14-18(23)13-19(24)15-20/h8-10,12-15H,2-7,11H2,1H3. The highest BCUT2D eigenvalue weighted by atomic mass is 35.5. The molecule has 0 amide bonds. The molecule has 0 atom stereocenters. The third-order valence-corrected chi connectivity index (χ3v) is 4.55. The Hall–Kier alpha value is -2.04. The van der Waals surface area contributed by atoms with E-state index in [1.165, 1.54) is 37.5 Å². The molecule has 0 heterocycles. The Bertz CT molecular complexity index is 785. The van der Waals surface area contributed by atoms with E-state index in [1.807, 2.05) is 0 Å². The summed E-state index contributed by atoms with van der Waals surface area (Å²) in [7, 11) is 0. The minimum atomic E-state index is -0.607. The average Bonchev–Trinajstić information content (AvgIpc) is 2.66. The van der Waals surface area contributed by atoms with Gasteiger partial charge in [-0.2, -0.15) is 0 Å². The lowest BCUT2D eigenvalue weighted by Gasteiger charge is -2.08. The van der Waals surface area contributed by atoms with Crippen molar-refractivity contribution in [3.05, 3.63) is 63.6 Å². The van der Waals surface area contributed by atoms with Crippen LogP contribution in [-0.2, 0) is 4.74 Å². The highest BCUT2D eigenvalue weighted by molar-refractivity contribution is 6.34. The predicted molar refractivity (Wildman–Crippen MR) is 112 cm³/mol. The van der Waals surface area contributed by atoms with E-state index < -0.39 is 11.9 Å². The predicted octanol–water partition coefficient (Wildman–Crippen LogP) is 6.73. The van der Waals surface area contributed by atoms with Gasteiger partial charge in [-0.3, -0.25) is 0 Å². The van der Waals surface area contributed by atoms with Crippen LogP contribution in [0.2, 0.25) is 10.0 Å². The third-order valence-electron chi connectivity index (χ3n) is 4.11. The van der Waals surface area contributed by atoms with E-state index in [1.54, 1.807) is 24.3 Å². The number of carbonyl (C=O) groups excluding carboxylic acids is 2. The summed E-state index contributed by atoms with van der Waals surface area (Å²) in [5.41, 5.74) is 0.551. The van der Waals surface area contributed by atoms with Gasteiger partial charge in [0.1, 0.15) is 5.75 Å². The highest BCUT2D eigenvalue weighted by Gasteiger charge is 2.14. The van der Waals surface area contributed by atoms with Gasteiger partial charge in [-0.15, -0.1) is 0 Å². The quantitative estimate of drug-likeness (QED) is 0.242. The average molecular weight is 423 g/mol. The van der Waals surface area contributed by atoms with Crippen molar-refractivity contribution < 1.29 is 19.1 Å². The Morgan fingerprint density at radius 3 is 2.11 bits per heavy atom. The van der Waals surface area contributed by atoms with Crippen LogP contribution in [0.15, 0.2) is 42.5 Å². The lowest BCUT2D eigenvalue weighted by atomic mass is 10.1. The Morgan fingerprint density at radius 2 is 1.43 bits per heavy atom. The van der Waals surface area contributed by atoms with Crippen LogP contribution in [0.25, 0.3) is 0 Å². The fourth-order valence-electron chi connectivity index (χ4n) is 2.66. The molecule has 0 N–H and O–H groups in total. The van der Waals surface area contributed by atoms with Crippen LogP contribution in [-0.4, -0.2) is 18.5 Å². The van der Waals surface area contributed by atoms with Crippen molar-refractivity contribution in [3.63, 3.8) is 0 Å². The molecule has 2 aromatic rings. The number of rotatable bonds is 10. The van der Waals surface area contributed by atoms with Gasteiger partial charge in [0.2, 0.25) is 0 Å². The second-order valence-corrected chi connectivity index (χ2v) is 7.35. The van der Waals surface area contributed by atoms with Gasteiger partial charge in [-0.1, -0.05) is 68.3 Å². The molecule has 0 saturated heterocycles. The molecule has 2 aromatic carbocycles. The first-order valence-corrected chi connectivity index (χ1v) is 10.2. The fourth-order valence-corrected chi connectivity index (χ4v) is 3.16. The number of halogens is 2. The summed E-state index contributed by atoms with van der Waals surface area (Å²) in [6, 6.07) is 10.8. The van der Waals surface area contributed by atoms with Gasteiger partial charge in [-0.05, 0) is 42.8 Å². The largest absolute Gasteiger partial charge is 0.462 e. The fraction of sp³-hybridized carbons (Fsp3) is 0.364. The smallest absolute Gasteiger partial charge is 0.343 e. The molecule has 0 saturated carbocycles. The minimum absolute atomic E-state index is 0.235. The number of ether oxygens (including phenoxy) is 2. The number of unbranched alkanes of at least 4 members (excludes halogenated alkanes) is 5. The molecule has 0 aliphatic heterocycles. The molecule has 0 unspecified atom stereocenters. The summed E-state index contributed by atoms with van der Waals surface area (Å²) in [4.78, 5) is 24.5. The van der Waals surface area contributed by atoms with Gasteiger partial charge in [0.15, 0.2) is 0 Å². The molecule has 0 aliphatic carbocycles. The molecular formula is C22H24Cl2O4. The summed E-state index contributed by atoms with van der Waals surface area (Å²) >= 11 is 11.8. The maximum absolute atomic E-state index is 12.3. The molecule has 0 radical (unpaired) electrons. The number of hydrogen-bond donors (Lipinski definition) is 0. The van der Waals surface area contributed by atoms with Gasteiger partial charge in [0.05, 0.1) is 17.7 Å². The van der Waals surface area contributed by atoms with E-state index in [4.69, 9.17) is 32.7 Å². The van der Waals surface area contributed by atoms with Crippen LogP contribution in [0.1, 0.15) is 66.2 Å². The van der Waals surface area contributed by atoms with Crippen molar-refractivity contribution in [1.82, 2.24) is 0 Å². The van der Waals surface area contributed by atoms with E-state index in [-0.39, 0.29) is 11.3 Å². The molecule has 2 rings (SSSR count). The Balaban J connectivity index is 1.88. The first-order chi connectivity index (χ1) is 13.5. The Morgan fingerprint density at radius 1 is 0.821 bits per heavy atom. The Kier molecular flexibility index (Phi) is 9.32. The first kappa shape index (κ1) is 22.3. The first-order valence-electron chi connectivity index (χ1n) is 9.45. The van der Waals surface area contributed by atoms with Crippen LogP contribution in [0, 0.1) is 0 Å². The SMILES string of the molecule is CCCCCCCCOC(=O)c1cccc(C(=O)Oc2cc(Cl)cc(Cl)c2)c1. The molecule has 0 bridgehead atoms. The summed E-state index contributed by atoms with van der Waals surface area (Å²) in [6.07, 6.45) is 6.70. The van der Waals surface area contributed by atoms with Crippen LogP contribution in [0.3, 0.4) is 0 Å². The van der Waals surface area contributed by atoms with Crippen molar-refractivity contribution >= 4 is 35.1 Å². The summed E-state index contributed by atoms with van der Waals surface area (Å²) < 4.78 is 10.6. The molecule has 0 spiro atoms. The Labute approximate surface area is 175 Å². The van der Waals surface area contributed by atoms with Crippen LogP contribution >= 0.6 is 23.2 Å². The van der Waals surface area contributed by atoms with Gasteiger partial charge in [0.25, 0.3) is 0 Å². The van der Waals surface area contributed by atoms with Gasteiger partial charge in [-0.25, -0.2) is 9.59 Å². The van der Waals surface area contributed by atoms with Gasteiger partial charge in [0, 0.05) is 10.0 Å². The summed E-state index contributed by atoms with van der Waals surface area (Å²) in [5.74, 6) is -0.823. The molecule has 0 fully saturated rings. The van der Waals surface area contributed by atoms with E-state index in [9.17, 15) is 9.59 Å². The maximum atomic E-state index is 12.3. The normalized spacial score (nSPS) is 10.5. The zero-order chi connectivity index (χ0) is 20.4. The lowest BCUT2D eigenvalue weighted by Crippen LogP contribution is -2.11. The molecule has 6 heteroatoms. The lowest BCUT2D eigenvalue weighted by molar-refractivity contribution is 0.0497. The second kappa shape index (κ2) is 11.7. The topological polar surface area (TPSA) is 52.6 Å². The summed E-state index contributed by atoms with van der Waals surface area (Å²) in [6.45, 7) is 2.55. The van der Waals surface area contributed by atoms with Crippen molar-refractivity contribution in [2.45, 2.75) is 45.4 Å². The molecule has 4 nitrogen and oxygen atoms in total. The molecule has 0 aromatic heterocycles. The van der Waals surface area contributed by atoms with Gasteiger partial charge >= 0.3 is 11.9 Å². The number of carbonyl (C=O) groups is 2. The van der Waals surface area contributed by atoms with Crippen molar-refractivity contribution in [1.29, 1.82) is 0 Å². The zero-order valence-corrected chi connectivity index (χ0v) is 17.4. The van der Waals surface area contributed by atoms with Crippen molar-refractivity contribution in [3.8, 4) is 5.75 Å². The zero-order valence-electron chi connectivity index (χ0n) is 15.9. The summed E-state index contributed by atoms with van der Waals surface area (Å²) in [5, 5.41) is 0.727. The van der Waals surface area contributed by atoms with Crippen LogP contribution < -0.4 is 4.74 Å². The van der Waals surface area contributed by atoms with Crippen molar-refractivity contribution in [2.24, 2.45) is 0 Å². The number of hydrogen-bond acceptors (Lipinski definition) is 4. The van der Waals surface area contributed by atoms with E-state index in [2.05, 4.69) is 6.92 Å². The van der Waals surface area contributed by atoms with Gasteiger partial charge < -0.3 is 9.47 Å². The monoisotopic (exact) mass is 422 g/mol. The molecular weight excluding hydrogens is 399 g/mol. The number of benzene rings is 2. The minimum Gasteiger partial charge on any atom is -0.462 e. The second-order valence-electron chi connectivity index (χ2n) is 6.48. The van der Waals surface area contributed by atoms with Crippen molar-refractivity contribution in [2.75, 3.05) is 6.61 Å². The third kappa shape index (κ3) is 7.53. The van der Waals surface area contributed by atoms with E-state index in [0.29, 0.717) is 22.2 Å². The van der Waals surface area contributed by atoms with Crippen LogP contribution in [0.4, 0.5) is 0 Å².